The molecule has 0 fully saturated rings. The zero-order valence-corrected chi connectivity index (χ0v) is 21.5. The number of methoxy groups -OCH3 is 2. The normalized spacial score (nSPS) is 11.9. The van der Waals surface area contributed by atoms with Crippen LogP contribution in [0.4, 0.5) is 0 Å². The Balaban J connectivity index is 1.56. The molecule has 0 aromatic heterocycles. The Morgan fingerprint density at radius 3 is 1.32 bits per heavy atom. The van der Waals surface area contributed by atoms with Crippen LogP contribution in [0.3, 0.4) is 0 Å². The minimum atomic E-state index is -0.458. The number of nitrogens with two attached hydrogens (primary N) is 1. The molecule has 0 radical (unpaired) electrons. The van der Waals surface area contributed by atoms with Gasteiger partial charge in [-0.3, -0.25) is 0 Å². The summed E-state index contributed by atoms with van der Waals surface area (Å²) in [6.07, 6.45) is 0.406. The molecule has 1 unspecified atom stereocenters. The average Bonchev–Trinajstić information content (AvgIpc) is 2.96. The van der Waals surface area contributed by atoms with Gasteiger partial charge in [0.2, 0.25) is 0 Å². The van der Waals surface area contributed by atoms with Crippen molar-refractivity contribution in [3.05, 3.63) is 108 Å². The van der Waals surface area contributed by atoms with Crippen LogP contribution < -0.4 is 15.2 Å². The van der Waals surface area contributed by atoms with Crippen molar-refractivity contribution in [2.75, 3.05) is 27.4 Å². The first kappa shape index (κ1) is 26.4. The number of aliphatic hydroxyl groups excluding tert-OH is 1. The molecule has 0 heterocycles. The maximum Gasteiger partial charge on any atom is 0.118 e. The maximum atomic E-state index is 10.1. The highest BCUT2D eigenvalue weighted by Gasteiger charge is 2.16. The molecule has 37 heavy (non-hydrogen) atoms. The third kappa shape index (κ3) is 6.98. The minimum absolute atomic E-state index is 0.250. The highest BCUT2D eigenvalue weighted by atomic mass is 16.5. The van der Waals surface area contributed by atoms with Crippen LogP contribution >= 0.6 is 0 Å². The molecule has 4 rings (SSSR count). The Hall–Kier alpha value is -3.64. The number of hydrogen-bond acceptors (Lipinski definition) is 5. The van der Waals surface area contributed by atoms with Crippen LogP contribution in [0.25, 0.3) is 22.3 Å². The monoisotopic (exact) mass is 497 g/mol. The van der Waals surface area contributed by atoms with E-state index in [9.17, 15) is 5.11 Å². The van der Waals surface area contributed by atoms with Gasteiger partial charge in [-0.25, -0.2) is 0 Å². The largest absolute Gasteiger partial charge is 0.497 e. The summed E-state index contributed by atoms with van der Waals surface area (Å²) in [5.74, 6) is 1.67. The van der Waals surface area contributed by atoms with Gasteiger partial charge in [0.05, 0.1) is 26.9 Å². The van der Waals surface area contributed by atoms with E-state index in [1.165, 1.54) is 0 Å². The van der Waals surface area contributed by atoms with Crippen molar-refractivity contribution in [3.63, 3.8) is 0 Å². The molecule has 4 aromatic carbocycles. The summed E-state index contributed by atoms with van der Waals surface area (Å²) in [6.45, 7) is 0.899. The van der Waals surface area contributed by atoms with Gasteiger partial charge < -0.3 is 25.1 Å². The van der Waals surface area contributed by atoms with Crippen molar-refractivity contribution in [2.45, 2.75) is 25.0 Å². The Morgan fingerprint density at radius 2 is 0.973 bits per heavy atom. The lowest BCUT2D eigenvalue weighted by molar-refractivity contribution is 0.0458. The first-order valence-electron chi connectivity index (χ1n) is 12.6. The summed E-state index contributed by atoms with van der Waals surface area (Å²) in [5.41, 5.74) is 12.2. The number of hydrogen-bond donors (Lipinski definition) is 2. The van der Waals surface area contributed by atoms with Gasteiger partial charge in [0.25, 0.3) is 0 Å². The van der Waals surface area contributed by atoms with Gasteiger partial charge in [0, 0.05) is 0 Å². The Labute approximate surface area is 219 Å². The summed E-state index contributed by atoms with van der Waals surface area (Å²) in [4.78, 5) is 0. The summed E-state index contributed by atoms with van der Waals surface area (Å²) in [6, 6.07) is 33.0. The van der Waals surface area contributed by atoms with E-state index in [2.05, 4.69) is 72.8 Å². The molecule has 5 nitrogen and oxygen atoms in total. The Kier molecular flexibility index (Phi) is 9.33. The molecule has 0 aliphatic carbocycles. The molecule has 3 N–H and O–H groups in total. The summed E-state index contributed by atoms with van der Waals surface area (Å²) >= 11 is 0. The minimum Gasteiger partial charge on any atom is -0.497 e. The first-order chi connectivity index (χ1) is 18.1. The van der Waals surface area contributed by atoms with E-state index >= 15 is 0 Å². The van der Waals surface area contributed by atoms with E-state index in [1.807, 2.05) is 24.3 Å². The third-order valence-electron chi connectivity index (χ3n) is 6.51. The Bertz CT molecular complexity index is 1130. The SMILES string of the molecule is COc1ccc(-c2ccc(C(OCCC(O)CCN)c3ccc(-c4ccc(OC)cc4)cc3)cc2)cc1. The molecule has 0 amide bonds. The summed E-state index contributed by atoms with van der Waals surface area (Å²) in [7, 11) is 3.34. The highest BCUT2D eigenvalue weighted by molar-refractivity contribution is 5.66. The number of rotatable bonds is 12. The predicted molar refractivity (Wildman–Crippen MR) is 149 cm³/mol. The molecule has 0 bridgehead atoms. The van der Waals surface area contributed by atoms with Crippen LogP contribution in [0.5, 0.6) is 11.5 Å². The molecule has 0 spiro atoms. The van der Waals surface area contributed by atoms with Crippen LogP contribution in [-0.4, -0.2) is 38.6 Å². The average molecular weight is 498 g/mol. The summed E-state index contributed by atoms with van der Waals surface area (Å²) in [5, 5.41) is 10.1. The van der Waals surface area contributed by atoms with Crippen molar-refractivity contribution >= 4 is 0 Å². The molecule has 0 saturated heterocycles. The van der Waals surface area contributed by atoms with Gasteiger partial charge in [-0.2, -0.15) is 0 Å². The van der Waals surface area contributed by atoms with E-state index in [1.54, 1.807) is 14.2 Å². The molecular formula is C32H35NO4. The van der Waals surface area contributed by atoms with Crippen molar-refractivity contribution in [1.29, 1.82) is 0 Å². The lowest BCUT2D eigenvalue weighted by Crippen LogP contribution is -2.17. The van der Waals surface area contributed by atoms with Gasteiger partial charge in [0.1, 0.15) is 17.6 Å². The van der Waals surface area contributed by atoms with E-state index in [4.69, 9.17) is 19.9 Å². The van der Waals surface area contributed by atoms with Crippen LogP contribution in [0.15, 0.2) is 97.1 Å². The lowest BCUT2D eigenvalue weighted by atomic mass is 9.96. The third-order valence-corrected chi connectivity index (χ3v) is 6.51. The Morgan fingerprint density at radius 1 is 0.595 bits per heavy atom. The van der Waals surface area contributed by atoms with Crippen LogP contribution in [0.2, 0.25) is 0 Å². The summed E-state index contributed by atoms with van der Waals surface area (Å²) < 4.78 is 16.9. The van der Waals surface area contributed by atoms with Crippen LogP contribution in [0, 0.1) is 0 Å². The molecule has 0 aliphatic rings. The van der Waals surface area contributed by atoms with E-state index in [0.717, 1.165) is 44.9 Å². The van der Waals surface area contributed by atoms with Crippen molar-refractivity contribution in [2.24, 2.45) is 5.73 Å². The van der Waals surface area contributed by atoms with Gasteiger partial charge in [-0.1, -0.05) is 72.8 Å². The van der Waals surface area contributed by atoms with Crippen LogP contribution in [0.1, 0.15) is 30.1 Å². The second-order valence-corrected chi connectivity index (χ2v) is 8.97. The molecule has 5 heteroatoms. The molecule has 1 atom stereocenters. The van der Waals surface area contributed by atoms with Gasteiger partial charge in [-0.05, 0) is 77.0 Å². The number of aliphatic hydroxyl groups is 1. The highest BCUT2D eigenvalue weighted by Crippen LogP contribution is 2.31. The molecular weight excluding hydrogens is 462 g/mol. The molecule has 0 saturated carbocycles. The van der Waals surface area contributed by atoms with Crippen molar-refractivity contribution in [3.8, 4) is 33.8 Å². The second-order valence-electron chi connectivity index (χ2n) is 8.97. The topological polar surface area (TPSA) is 73.9 Å². The van der Waals surface area contributed by atoms with E-state index in [0.29, 0.717) is 26.0 Å². The first-order valence-corrected chi connectivity index (χ1v) is 12.6. The smallest absolute Gasteiger partial charge is 0.118 e. The van der Waals surface area contributed by atoms with Gasteiger partial charge in [-0.15, -0.1) is 0 Å². The zero-order valence-electron chi connectivity index (χ0n) is 21.5. The number of benzene rings is 4. The molecule has 4 aromatic rings. The van der Waals surface area contributed by atoms with Crippen molar-refractivity contribution in [1.82, 2.24) is 0 Å². The fraction of sp³-hybridized carbons (Fsp3) is 0.250. The fourth-order valence-corrected chi connectivity index (χ4v) is 4.31. The quantitative estimate of drug-likeness (QED) is 0.242. The molecule has 192 valence electrons. The van der Waals surface area contributed by atoms with E-state index in [-0.39, 0.29) is 6.10 Å². The maximum absolute atomic E-state index is 10.1. The van der Waals surface area contributed by atoms with Gasteiger partial charge >= 0.3 is 0 Å². The van der Waals surface area contributed by atoms with E-state index < -0.39 is 6.10 Å². The van der Waals surface area contributed by atoms with Gasteiger partial charge in [0.15, 0.2) is 0 Å². The molecule has 0 aliphatic heterocycles. The second kappa shape index (κ2) is 13.1. The van der Waals surface area contributed by atoms with Crippen molar-refractivity contribution < 1.29 is 19.3 Å². The fourth-order valence-electron chi connectivity index (χ4n) is 4.31. The lowest BCUT2D eigenvalue weighted by Gasteiger charge is -2.21. The zero-order chi connectivity index (χ0) is 26.0. The standard InChI is InChI=1S/C32H35NO4/c1-35-30-15-11-25(12-16-30)23-3-7-27(8-4-23)32(37-22-20-29(34)19-21-33)28-9-5-24(6-10-28)26-13-17-31(36-2)18-14-26/h3-18,29,32,34H,19-22,33H2,1-2H3. The predicted octanol–water partition coefficient (Wildman–Crippen LogP) is 6.24. The van der Waals surface area contributed by atoms with Crippen LogP contribution in [-0.2, 0) is 4.74 Å². The number of ether oxygens (including phenoxy) is 3.